The highest BCUT2D eigenvalue weighted by Gasteiger charge is 2.10. The molecule has 0 atom stereocenters. The molecule has 0 saturated heterocycles. The molecule has 0 radical (unpaired) electrons. The van der Waals surface area contributed by atoms with E-state index in [0.717, 1.165) is 0 Å². The van der Waals surface area contributed by atoms with Crippen LogP contribution in [0.25, 0.3) is 0 Å². The van der Waals surface area contributed by atoms with Crippen molar-refractivity contribution in [2.75, 3.05) is 0 Å². The molecular weight excluding hydrogens is 166 g/mol. The summed E-state index contributed by atoms with van der Waals surface area (Å²) in [5.74, 6) is 0.144. The summed E-state index contributed by atoms with van der Waals surface area (Å²) in [6, 6.07) is 3.51. The molecule has 0 amide bonds. The van der Waals surface area contributed by atoms with Crippen LogP contribution in [0.4, 0.5) is 0 Å². The fourth-order valence-corrected chi connectivity index (χ4v) is 0.929. The molecule has 3 nitrogen and oxygen atoms in total. The summed E-state index contributed by atoms with van der Waals surface area (Å²) in [7, 11) is 1.80. The van der Waals surface area contributed by atoms with Crippen LogP contribution in [-0.4, -0.2) is 10.5 Å². The van der Waals surface area contributed by atoms with Gasteiger partial charge >= 0.3 is 5.97 Å². The lowest BCUT2D eigenvalue weighted by atomic mass is 10.4. The maximum absolute atomic E-state index is 11.4. The highest BCUT2D eigenvalue weighted by Crippen LogP contribution is 2.07. The van der Waals surface area contributed by atoms with E-state index in [2.05, 4.69) is 6.58 Å². The van der Waals surface area contributed by atoms with Crippen LogP contribution in [0.2, 0.25) is 0 Å². The van der Waals surface area contributed by atoms with Crippen molar-refractivity contribution in [3.05, 3.63) is 36.4 Å². The van der Waals surface area contributed by atoms with Crippen molar-refractivity contribution >= 4 is 5.97 Å². The summed E-state index contributed by atoms with van der Waals surface area (Å²) in [4.78, 5) is 11.4. The van der Waals surface area contributed by atoms with Gasteiger partial charge in [0.15, 0.2) is 0 Å². The van der Waals surface area contributed by atoms with E-state index in [4.69, 9.17) is 4.74 Å². The van der Waals surface area contributed by atoms with Crippen molar-refractivity contribution in [3.8, 4) is 0 Å². The molecule has 0 aliphatic heterocycles. The number of aromatic nitrogens is 1. The topological polar surface area (TPSA) is 31.2 Å². The highest BCUT2D eigenvalue weighted by atomic mass is 16.5. The second kappa shape index (κ2) is 3.94. The van der Waals surface area contributed by atoms with Gasteiger partial charge in [-0.3, -0.25) is 0 Å². The Bertz CT molecular complexity index is 325. The minimum atomic E-state index is -0.348. The Labute approximate surface area is 77.6 Å². The Kier molecular flexibility index (Phi) is 2.90. The molecular formula is C10H13NO2. The Balaban J connectivity index is 2.69. The number of allylic oxidation sites excluding steroid dienone is 1. The lowest BCUT2D eigenvalue weighted by Gasteiger charge is -2.05. The second-order valence-electron chi connectivity index (χ2n) is 2.79. The van der Waals surface area contributed by atoms with Crippen LogP contribution >= 0.6 is 0 Å². The molecule has 0 aliphatic rings. The molecule has 0 aliphatic carbocycles. The van der Waals surface area contributed by atoms with E-state index >= 15 is 0 Å². The molecule has 0 spiro atoms. The number of nitrogens with zero attached hydrogens (tertiary/aromatic N) is 1. The van der Waals surface area contributed by atoms with Gasteiger partial charge in [-0.25, -0.2) is 4.79 Å². The first kappa shape index (κ1) is 9.58. The van der Waals surface area contributed by atoms with Gasteiger partial charge in [0, 0.05) is 19.7 Å². The third-order valence-corrected chi connectivity index (χ3v) is 1.78. The first-order valence-corrected chi connectivity index (χ1v) is 4.16. The Morgan fingerprint density at radius 2 is 2.38 bits per heavy atom. The fourth-order valence-electron chi connectivity index (χ4n) is 0.929. The molecule has 0 saturated carbocycles. The van der Waals surface area contributed by atoms with Crippen molar-refractivity contribution in [1.82, 2.24) is 4.57 Å². The van der Waals surface area contributed by atoms with Gasteiger partial charge in [0.1, 0.15) is 11.5 Å². The van der Waals surface area contributed by atoms with E-state index in [1.165, 1.54) is 0 Å². The smallest absolute Gasteiger partial charge is 0.359 e. The summed E-state index contributed by atoms with van der Waals surface area (Å²) in [6.45, 7) is 5.49. The SMILES string of the molecule is C=C(CC)OC(=O)c1cccn1C. The summed E-state index contributed by atoms with van der Waals surface area (Å²) in [6.07, 6.45) is 2.45. The van der Waals surface area contributed by atoms with Crippen LogP contribution in [0.15, 0.2) is 30.7 Å². The monoisotopic (exact) mass is 179 g/mol. The number of hydrogen-bond donors (Lipinski definition) is 0. The minimum absolute atomic E-state index is 0.348. The molecule has 1 heterocycles. The number of esters is 1. The average Bonchev–Trinajstić information content (AvgIpc) is 2.51. The molecule has 13 heavy (non-hydrogen) atoms. The lowest BCUT2D eigenvalue weighted by Crippen LogP contribution is -2.08. The third kappa shape index (κ3) is 2.21. The normalized spacial score (nSPS) is 9.69. The standard InChI is InChI=1S/C10H13NO2/c1-4-8(2)13-10(12)9-6-5-7-11(9)3/h5-7H,2,4H2,1,3H3. The van der Waals surface area contributed by atoms with E-state index in [1.54, 1.807) is 29.9 Å². The molecule has 0 N–H and O–H groups in total. The summed E-state index contributed by atoms with van der Waals surface area (Å²) < 4.78 is 6.68. The van der Waals surface area contributed by atoms with Crippen molar-refractivity contribution in [1.29, 1.82) is 0 Å². The van der Waals surface area contributed by atoms with Gasteiger partial charge < -0.3 is 9.30 Å². The van der Waals surface area contributed by atoms with Gasteiger partial charge in [0.25, 0.3) is 0 Å². The van der Waals surface area contributed by atoms with Crippen LogP contribution in [0.1, 0.15) is 23.8 Å². The lowest BCUT2D eigenvalue weighted by molar-refractivity contribution is 0.0607. The average molecular weight is 179 g/mol. The van der Waals surface area contributed by atoms with Crippen molar-refractivity contribution in [2.45, 2.75) is 13.3 Å². The number of ether oxygens (including phenoxy) is 1. The number of hydrogen-bond acceptors (Lipinski definition) is 2. The molecule has 0 unspecified atom stereocenters. The molecule has 0 aromatic carbocycles. The first-order valence-electron chi connectivity index (χ1n) is 4.16. The molecule has 1 aromatic heterocycles. The fraction of sp³-hybridized carbons (Fsp3) is 0.300. The predicted octanol–water partition coefficient (Wildman–Crippen LogP) is 2.11. The molecule has 70 valence electrons. The van der Waals surface area contributed by atoms with E-state index in [1.807, 2.05) is 6.92 Å². The van der Waals surface area contributed by atoms with Crippen LogP contribution in [0.5, 0.6) is 0 Å². The maximum Gasteiger partial charge on any atom is 0.359 e. The zero-order chi connectivity index (χ0) is 9.84. The van der Waals surface area contributed by atoms with Gasteiger partial charge in [-0.1, -0.05) is 13.5 Å². The third-order valence-electron chi connectivity index (χ3n) is 1.78. The molecule has 1 rings (SSSR count). The van der Waals surface area contributed by atoms with E-state index in [-0.39, 0.29) is 5.97 Å². The van der Waals surface area contributed by atoms with E-state index in [0.29, 0.717) is 17.9 Å². The quantitative estimate of drug-likeness (QED) is 0.525. The second-order valence-corrected chi connectivity index (χ2v) is 2.79. The van der Waals surface area contributed by atoms with Crippen LogP contribution in [-0.2, 0) is 11.8 Å². The number of rotatable bonds is 3. The maximum atomic E-state index is 11.4. The summed E-state index contributed by atoms with van der Waals surface area (Å²) in [5.41, 5.74) is 0.537. The summed E-state index contributed by atoms with van der Waals surface area (Å²) >= 11 is 0. The Morgan fingerprint density at radius 1 is 1.69 bits per heavy atom. The zero-order valence-corrected chi connectivity index (χ0v) is 7.91. The molecule has 3 heteroatoms. The number of aryl methyl sites for hydroxylation is 1. The predicted molar refractivity (Wildman–Crippen MR) is 50.3 cm³/mol. The largest absolute Gasteiger partial charge is 0.427 e. The minimum Gasteiger partial charge on any atom is -0.427 e. The highest BCUT2D eigenvalue weighted by molar-refractivity contribution is 5.88. The number of carbonyl (C=O) groups is 1. The van der Waals surface area contributed by atoms with Crippen LogP contribution in [0, 0.1) is 0 Å². The van der Waals surface area contributed by atoms with Gasteiger partial charge in [-0.15, -0.1) is 0 Å². The van der Waals surface area contributed by atoms with Crippen molar-refractivity contribution in [2.24, 2.45) is 7.05 Å². The molecule has 0 bridgehead atoms. The van der Waals surface area contributed by atoms with E-state index < -0.39 is 0 Å². The van der Waals surface area contributed by atoms with Crippen LogP contribution < -0.4 is 0 Å². The van der Waals surface area contributed by atoms with Gasteiger partial charge in [-0.05, 0) is 12.1 Å². The van der Waals surface area contributed by atoms with Crippen LogP contribution in [0.3, 0.4) is 0 Å². The summed E-state index contributed by atoms with van der Waals surface area (Å²) in [5, 5.41) is 0. The van der Waals surface area contributed by atoms with Crippen molar-refractivity contribution in [3.63, 3.8) is 0 Å². The molecule has 0 fully saturated rings. The van der Waals surface area contributed by atoms with Crippen molar-refractivity contribution < 1.29 is 9.53 Å². The Hall–Kier alpha value is -1.51. The van der Waals surface area contributed by atoms with E-state index in [9.17, 15) is 4.79 Å². The van der Waals surface area contributed by atoms with Gasteiger partial charge in [-0.2, -0.15) is 0 Å². The first-order chi connectivity index (χ1) is 6.15. The Morgan fingerprint density at radius 3 is 2.85 bits per heavy atom. The number of carbonyl (C=O) groups excluding carboxylic acids is 1. The molecule has 1 aromatic rings. The van der Waals surface area contributed by atoms with Gasteiger partial charge in [0.05, 0.1) is 0 Å². The zero-order valence-electron chi connectivity index (χ0n) is 7.91. The van der Waals surface area contributed by atoms with Gasteiger partial charge in [0.2, 0.25) is 0 Å².